The van der Waals surface area contributed by atoms with Crippen molar-refractivity contribution in [1.82, 2.24) is 19.9 Å². The van der Waals surface area contributed by atoms with Gasteiger partial charge in [0.15, 0.2) is 31.5 Å². The molecule has 0 aliphatic carbocycles. The van der Waals surface area contributed by atoms with E-state index in [0.29, 0.717) is 50.6 Å². The molecule has 0 spiro atoms. The van der Waals surface area contributed by atoms with E-state index in [9.17, 15) is 112 Å². The summed E-state index contributed by atoms with van der Waals surface area (Å²) in [6.07, 6.45) is -48.1. The zero-order valence-corrected chi connectivity index (χ0v) is 64.2. The zero-order chi connectivity index (χ0) is 85.5. The van der Waals surface area contributed by atoms with Crippen LogP contribution in [0.1, 0.15) is 35.6 Å². The van der Waals surface area contributed by atoms with Crippen molar-refractivity contribution in [1.29, 1.82) is 0 Å². The lowest BCUT2D eigenvalue weighted by molar-refractivity contribution is -0.395. The summed E-state index contributed by atoms with van der Waals surface area (Å²) in [5.41, 5.74) is 11.2. The molecule has 30 atom stereocenters. The number of rotatable bonds is 25. The molecule has 15 rings (SSSR count). The quantitative estimate of drug-likeness (QED) is 0.0264. The monoisotopic (exact) mass is 1690 g/mol. The Balaban J connectivity index is 0.577. The standard InChI is InChI=1S/C83H96N4O34/c88-28-51-62(98)63(99)69(105)79(112-51)118-75-53(30-90)114-81(71(107)65(75)101)120-77-55(32-92)116-83(73(109)67(77)103)121-78-56(33-93)115-82(72(108)68(78)104)119-76-54(31-91)113-80(70(106)66(76)102)117-74-52(29-89)111-50(61(97)64(74)100)2-1-27-110-41-17-9-37(10-18-41)60-48-25-23-46(86-48)58(35-5-13-39(95)14-6-35)44-21-19-42(84-44)57(34-3-11-38(94)12-4-34)43-20-22-45(85-43)59(47-24-26-49(60)87-47)36-7-15-40(96)16-8-36/h3-26,50-56,61-84,87-109H,1-2,27-33H2/t50-,51+,52+,53+,54+,55+,56+,61-,62+,63-,64+,65+,66+,67+,68+,69+,70+,71+,72+,73+,74+,75+,76+,77+,78+,79+,80+,81+,82+,83+/m0/s1. The van der Waals surface area contributed by atoms with Gasteiger partial charge in [-0.25, -0.2) is 9.97 Å². The molecule has 38 nitrogen and oxygen atoms in total. The van der Waals surface area contributed by atoms with Crippen LogP contribution in [0.2, 0.25) is 0 Å². The number of H-pyrrole nitrogens is 2. The van der Waals surface area contributed by atoms with Crippen LogP contribution in [0.4, 0.5) is 0 Å². The first-order valence-electron chi connectivity index (χ1n) is 39.3. The lowest BCUT2D eigenvalue weighted by Gasteiger charge is -2.50. The summed E-state index contributed by atoms with van der Waals surface area (Å²) in [7, 11) is 0. The molecule has 121 heavy (non-hydrogen) atoms. The van der Waals surface area contributed by atoms with E-state index >= 15 is 0 Å². The largest absolute Gasteiger partial charge is 0.508 e. The molecule has 8 bridgehead atoms. The van der Waals surface area contributed by atoms with Crippen LogP contribution >= 0.6 is 0 Å². The van der Waals surface area contributed by atoms with Gasteiger partial charge in [0.25, 0.3) is 0 Å². The van der Waals surface area contributed by atoms with E-state index in [1.807, 2.05) is 97.1 Å². The highest BCUT2D eigenvalue weighted by Gasteiger charge is 2.58. The average Bonchev–Trinajstić information content (AvgIpc) is 1.62. The van der Waals surface area contributed by atoms with E-state index in [-0.39, 0.29) is 36.7 Å². The molecule has 0 radical (unpaired) electrons. The summed E-state index contributed by atoms with van der Waals surface area (Å²) in [4.78, 5) is 17.9. The molecule has 0 amide bonds. The number of aliphatic hydroxyl groups is 19. The first-order valence-corrected chi connectivity index (χ1v) is 39.3. The topological polar surface area (TPSA) is 613 Å². The van der Waals surface area contributed by atoms with Crippen molar-refractivity contribution in [3.8, 4) is 67.5 Å². The van der Waals surface area contributed by atoms with Gasteiger partial charge in [-0.3, -0.25) is 0 Å². The van der Waals surface area contributed by atoms with E-state index in [0.717, 1.165) is 44.5 Å². The third-order valence-electron chi connectivity index (χ3n) is 22.8. The first-order chi connectivity index (χ1) is 58.3. The molecule has 0 unspecified atom stereocenters. The number of hydrogen-bond donors (Lipinski definition) is 24. The van der Waals surface area contributed by atoms with Crippen LogP contribution in [0, 0.1) is 0 Å². The Morgan fingerprint density at radius 2 is 0.521 bits per heavy atom. The molecule has 8 aliphatic heterocycles. The Morgan fingerprint density at radius 3 is 0.810 bits per heavy atom. The second kappa shape index (κ2) is 37.5. The van der Waals surface area contributed by atoms with E-state index < -0.39 is 224 Å². The molecule has 6 fully saturated rings. The van der Waals surface area contributed by atoms with Gasteiger partial charge in [-0.05, 0) is 132 Å². The van der Waals surface area contributed by atoms with Crippen LogP contribution in [0.15, 0.2) is 121 Å². The Kier molecular flexibility index (Phi) is 27.1. The maximum Gasteiger partial charge on any atom is 0.187 e. The van der Waals surface area contributed by atoms with Crippen molar-refractivity contribution in [3.05, 3.63) is 144 Å². The van der Waals surface area contributed by atoms with Gasteiger partial charge in [-0.1, -0.05) is 48.5 Å². The molecule has 38 heteroatoms. The van der Waals surface area contributed by atoms with Gasteiger partial charge in [0.05, 0.1) is 75.1 Å². The second-order valence-corrected chi connectivity index (χ2v) is 30.6. The van der Waals surface area contributed by atoms with Crippen LogP contribution in [0.3, 0.4) is 0 Å². The summed E-state index contributed by atoms with van der Waals surface area (Å²) in [6.45, 7) is -5.66. The van der Waals surface area contributed by atoms with Gasteiger partial charge >= 0.3 is 0 Å². The number of benzene rings is 4. The number of aromatic amines is 2. The third-order valence-corrected chi connectivity index (χ3v) is 22.8. The summed E-state index contributed by atoms with van der Waals surface area (Å²) in [5, 5.41) is 239. The van der Waals surface area contributed by atoms with Crippen LogP contribution in [-0.4, -0.2) is 363 Å². The molecule has 8 aliphatic rings. The highest BCUT2D eigenvalue weighted by Crippen LogP contribution is 2.43. The van der Waals surface area contributed by atoms with Gasteiger partial charge < -0.3 is 179 Å². The Morgan fingerprint density at radius 1 is 0.273 bits per heavy atom. The summed E-state index contributed by atoms with van der Waals surface area (Å²) < 4.78 is 69.4. The number of phenolic OH excluding ortho intramolecular Hbond substituents is 3. The molecule has 4 aromatic carbocycles. The molecule has 7 aromatic rings. The van der Waals surface area contributed by atoms with Crippen molar-refractivity contribution in [2.24, 2.45) is 0 Å². The van der Waals surface area contributed by atoms with Crippen LogP contribution < -0.4 is 4.74 Å². The number of aliphatic hydroxyl groups excluding tert-OH is 19. The maximum atomic E-state index is 11.6. The smallest absolute Gasteiger partial charge is 0.187 e. The molecular formula is C83H96N4O34. The van der Waals surface area contributed by atoms with Crippen LogP contribution in [0.25, 0.3) is 90.9 Å². The number of nitrogens with one attached hydrogen (secondary N) is 2. The number of hydrogen-bond acceptors (Lipinski definition) is 36. The molecular weight excluding hydrogens is 1600 g/mol. The number of aromatic nitrogens is 4. The van der Waals surface area contributed by atoms with Gasteiger partial charge in [0, 0.05) is 44.3 Å². The summed E-state index contributed by atoms with van der Waals surface area (Å²) in [5.74, 6) is 0.712. The molecule has 6 saturated heterocycles. The predicted octanol–water partition coefficient (Wildman–Crippen LogP) is -2.44. The molecule has 0 saturated carbocycles. The molecule has 11 heterocycles. The van der Waals surface area contributed by atoms with Crippen molar-refractivity contribution in [2.45, 2.75) is 197 Å². The fraction of sp³-hybridized carbons (Fsp3) is 0.470. The van der Waals surface area contributed by atoms with Gasteiger partial charge in [0.2, 0.25) is 0 Å². The van der Waals surface area contributed by atoms with Gasteiger partial charge in [-0.15, -0.1) is 0 Å². The predicted molar refractivity (Wildman–Crippen MR) is 417 cm³/mol. The lowest BCUT2D eigenvalue weighted by Crippen LogP contribution is -2.68. The number of phenols is 3. The van der Waals surface area contributed by atoms with Crippen molar-refractivity contribution >= 4 is 46.4 Å². The fourth-order valence-corrected chi connectivity index (χ4v) is 16.4. The average molecular weight is 1690 g/mol. The third kappa shape index (κ3) is 17.7. The number of fused-ring (bicyclic) bond motifs is 8. The highest BCUT2D eigenvalue weighted by atomic mass is 16.8. The van der Waals surface area contributed by atoms with Crippen LogP contribution in [-0.2, 0) is 52.1 Å². The second-order valence-electron chi connectivity index (χ2n) is 30.6. The van der Waals surface area contributed by atoms with Gasteiger partial charge in [0.1, 0.15) is 169 Å². The Hall–Kier alpha value is -8.52. The zero-order valence-electron chi connectivity index (χ0n) is 64.2. The van der Waals surface area contributed by atoms with E-state index in [2.05, 4.69) is 9.97 Å². The first kappa shape index (κ1) is 87.4. The van der Waals surface area contributed by atoms with Crippen molar-refractivity contribution < 1.29 is 169 Å². The molecule has 24 N–H and O–H groups in total. The fourth-order valence-electron chi connectivity index (χ4n) is 16.4. The number of nitrogens with zero attached hydrogens (tertiary/aromatic N) is 2. The minimum Gasteiger partial charge on any atom is -0.508 e. The number of ether oxygens (including phenoxy) is 12. The highest BCUT2D eigenvalue weighted by molar-refractivity contribution is 6.00. The van der Waals surface area contributed by atoms with E-state index in [4.69, 9.17) is 66.8 Å². The van der Waals surface area contributed by atoms with Crippen molar-refractivity contribution in [3.63, 3.8) is 0 Å². The normalized spacial score (nSPS) is 35.0. The minimum absolute atomic E-state index is 0.0701. The SMILES string of the molecule is OC[C@H]1O[C@H](O[C@H]2[C@H](O)[C@@H](O)[C@@H](O[C@H]3[C@H](O)[C@@H](O)[C@@H](O[C@H]4[C@H](O)[C@@H](O)[C@@H](O[C@H]5[C@H](O)[C@@H](O)[C@@H](O[C@H]6[C@H](O)[C@@H](O)[C@H](CCCOc7ccc(-c8c9nc(c(-c%10ccc(O)cc%10)c%10ccc([nH]%10)c(-c%10ccc(O)cc%10)c%10nc(c(-c%11ccc(O)cc%11)c%11ccc8[nH]%11)C=C%10)C=C9)cc7)O[C@@H]6CO)O[C@@H]5CO)O[C@@H]4CO)O[C@@H]3CO)O[C@@H]2CO)[C@H](O)[C@@H](O)[C@@H]1O. The van der Waals surface area contributed by atoms with E-state index in [1.54, 1.807) is 48.5 Å². The van der Waals surface area contributed by atoms with Crippen LogP contribution in [0.5, 0.6) is 23.0 Å². The lowest BCUT2D eigenvalue weighted by atomic mass is 9.92. The molecule has 3 aromatic heterocycles. The minimum atomic E-state index is -2.21. The van der Waals surface area contributed by atoms with E-state index in [1.165, 1.54) is 0 Å². The van der Waals surface area contributed by atoms with Gasteiger partial charge in [-0.2, -0.15) is 0 Å². The maximum absolute atomic E-state index is 11.6. The number of aromatic hydroxyl groups is 3. The summed E-state index contributed by atoms with van der Waals surface area (Å²) in [6, 6.07) is 35.7. The summed E-state index contributed by atoms with van der Waals surface area (Å²) >= 11 is 0. The Bertz CT molecular complexity index is 4850. The van der Waals surface area contributed by atoms with Crippen molar-refractivity contribution in [2.75, 3.05) is 46.2 Å². The molecule has 652 valence electrons. The Labute approximate surface area is 687 Å².